The second-order valence-corrected chi connectivity index (χ2v) is 4.48. The standard InChI is InChI=1S/C14H21NO3/c1-10(2)18-12-7-4-11(5-8-12)6-9-13(15)14(16)17-3/h4-5,7-8,10,13H,6,9,15H2,1-3H3. The van der Waals surface area contributed by atoms with E-state index in [1.165, 1.54) is 7.11 Å². The summed E-state index contributed by atoms with van der Waals surface area (Å²) >= 11 is 0. The summed E-state index contributed by atoms with van der Waals surface area (Å²) in [6.07, 6.45) is 1.50. The van der Waals surface area contributed by atoms with Gasteiger partial charge in [0, 0.05) is 0 Å². The van der Waals surface area contributed by atoms with E-state index in [2.05, 4.69) is 4.74 Å². The molecule has 100 valence electrons. The predicted octanol–water partition coefficient (Wildman–Crippen LogP) is 1.91. The van der Waals surface area contributed by atoms with Gasteiger partial charge in [-0.05, 0) is 44.4 Å². The second-order valence-electron chi connectivity index (χ2n) is 4.48. The molecule has 0 aliphatic heterocycles. The predicted molar refractivity (Wildman–Crippen MR) is 70.5 cm³/mol. The van der Waals surface area contributed by atoms with E-state index in [0.29, 0.717) is 6.42 Å². The van der Waals surface area contributed by atoms with Gasteiger partial charge >= 0.3 is 5.97 Å². The molecule has 0 spiro atoms. The number of benzene rings is 1. The van der Waals surface area contributed by atoms with Crippen LogP contribution in [0.15, 0.2) is 24.3 Å². The first-order valence-electron chi connectivity index (χ1n) is 6.12. The fraction of sp³-hybridized carbons (Fsp3) is 0.500. The number of carbonyl (C=O) groups is 1. The molecule has 0 amide bonds. The van der Waals surface area contributed by atoms with Crippen molar-refractivity contribution >= 4 is 5.97 Å². The number of hydrogen-bond acceptors (Lipinski definition) is 4. The Bertz CT molecular complexity index is 373. The van der Waals surface area contributed by atoms with Crippen molar-refractivity contribution in [2.24, 2.45) is 5.73 Å². The van der Waals surface area contributed by atoms with Crippen LogP contribution in [-0.2, 0) is 16.0 Å². The monoisotopic (exact) mass is 251 g/mol. The summed E-state index contributed by atoms with van der Waals surface area (Å²) in [6.45, 7) is 3.98. The fourth-order valence-corrected chi connectivity index (χ4v) is 1.60. The summed E-state index contributed by atoms with van der Waals surface area (Å²) in [5.74, 6) is 0.487. The highest BCUT2D eigenvalue weighted by atomic mass is 16.5. The number of ether oxygens (including phenoxy) is 2. The summed E-state index contributed by atoms with van der Waals surface area (Å²) in [7, 11) is 1.35. The molecule has 0 aliphatic rings. The fourth-order valence-electron chi connectivity index (χ4n) is 1.60. The lowest BCUT2D eigenvalue weighted by Gasteiger charge is -2.11. The quantitative estimate of drug-likeness (QED) is 0.784. The molecular formula is C14H21NO3. The van der Waals surface area contributed by atoms with E-state index < -0.39 is 6.04 Å². The zero-order chi connectivity index (χ0) is 13.5. The molecule has 0 aliphatic carbocycles. The average molecular weight is 251 g/mol. The molecule has 0 aromatic heterocycles. The molecule has 0 saturated carbocycles. The van der Waals surface area contributed by atoms with E-state index >= 15 is 0 Å². The van der Waals surface area contributed by atoms with E-state index in [1.807, 2.05) is 38.1 Å². The molecule has 4 heteroatoms. The van der Waals surface area contributed by atoms with Crippen molar-refractivity contribution in [3.05, 3.63) is 29.8 Å². The number of hydrogen-bond donors (Lipinski definition) is 1. The van der Waals surface area contributed by atoms with Crippen LogP contribution in [0.25, 0.3) is 0 Å². The van der Waals surface area contributed by atoms with Gasteiger partial charge in [-0.1, -0.05) is 12.1 Å². The molecule has 0 fully saturated rings. The molecule has 1 aromatic carbocycles. The molecule has 1 unspecified atom stereocenters. The van der Waals surface area contributed by atoms with Crippen LogP contribution in [-0.4, -0.2) is 25.2 Å². The Morgan fingerprint density at radius 2 is 1.89 bits per heavy atom. The zero-order valence-corrected chi connectivity index (χ0v) is 11.2. The first-order valence-corrected chi connectivity index (χ1v) is 6.12. The van der Waals surface area contributed by atoms with E-state index in [9.17, 15) is 4.79 Å². The largest absolute Gasteiger partial charge is 0.491 e. The SMILES string of the molecule is COC(=O)C(N)CCc1ccc(OC(C)C)cc1. The maximum Gasteiger partial charge on any atom is 0.322 e. The first kappa shape index (κ1) is 14.5. The Hall–Kier alpha value is -1.55. The Balaban J connectivity index is 2.46. The maximum absolute atomic E-state index is 11.1. The van der Waals surface area contributed by atoms with Gasteiger partial charge in [-0.25, -0.2) is 0 Å². The van der Waals surface area contributed by atoms with Crippen molar-refractivity contribution in [1.82, 2.24) is 0 Å². The average Bonchev–Trinajstić information content (AvgIpc) is 2.36. The van der Waals surface area contributed by atoms with Crippen LogP contribution in [0, 0.1) is 0 Å². The van der Waals surface area contributed by atoms with Gasteiger partial charge in [0.2, 0.25) is 0 Å². The van der Waals surface area contributed by atoms with Gasteiger partial charge in [-0.2, -0.15) is 0 Å². The van der Waals surface area contributed by atoms with Crippen molar-refractivity contribution in [3.63, 3.8) is 0 Å². The molecule has 0 saturated heterocycles. The number of carbonyl (C=O) groups excluding carboxylic acids is 1. The lowest BCUT2D eigenvalue weighted by molar-refractivity contribution is -0.142. The smallest absolute Gasteiger partial charge is 0.322 e. The van der Waals surface area contributed by atoms with Crippen LogP contribution in [0.5, 0.6) is 5.75 Å². The van der Waals surface area contributed by atoms with E-state index in [-0.39, 0.29) is 12.1 Å². The molecule has 0 bridgehead atoms. The van der Waals surface area contributed by atoms with Crippen molar-refractivity contribution in [2.75, 3.05) is 7.11 Å². The lowest BCUT2D eigenvalue weighted by atomic mass is 10.1. The molecule has 1 atom stereocenters. The number of methoxy groups -OCH3 is 1. The van der Waals surface area contributed by atoms with Gasteiger partial charge in [0.1, 0.15) is 11.8 Å². The van der Waals surface area contributed by atoms with Gasteiger partial charge < -0.3 is 15.2 Å². The van der Waals surface area contributed by atoms with Crippen LogP contribution in [0.2, 0.25) is 0 Å². The van der Waals surface area contributed by atoms with Crippen LogP contribution >= 0.6 is 0 Å². The molecule has 2 N–H and O–H groups in total. The summed E-state index contributed by atoms with van der Waals surface area (Å²) in [6, 6.07) is 7.28. The topological polar surface area (TPSA) is 61.5 Å². The van der Waals surface area contributed by atoms with Gasteiger partial charge in [0.15, 0.2) is 0 Å². The molecule has 18 heavy (non-hydrogen) atoms. The summed E-state index contributed by atoms with van der Waals surface area (Å²) in [5.41, 5.74) is 6.80. The van der Waals surface area contributed by atoms with Crippen molar-refractivity contribution in [1.29, 1.82) is 0 Å². The zero-order valence-electron chi connectivity index (χ0n) is 11.2. The van der Waals surface area contributed by atoms with Gasteiger partial charge in [-0.15, -0.1) is 0 Å². The summed E-state index contributed by atoms with van der Waals surface area (Å²) in [5, 5.41) is 0. The van der Waals surface area contributed by atoms with Crippen molar-refractivity contribution < 1.29 is 14.3 Å². The molecule has 4 nitrogen and oxygen atoms in total. The Labute approximate surface area is 108 Å². The van der Waals surface area contributed by atoms with Crippen molar-refractivity contribution in [3.8, 4) is 5.75 Å². The van der Waals surface area contributed by atoms with Crippen LogP contribution in [0.1, 0.15) is 25.8 Å². The highest BCUT2D eigenvalue weighted by molar-refractivity contribution is 5.75. The minimum atomic E-state index is -0.554. The second kappa shape index (κ2) is 7.01. The Kier molecular flexibility index (Phi) is 5.65. The number of nitrogens with two attached hydrogens (primary N) is 1. The van der Waals surface area contributed by atoms with Gasteiger partial charge in [0.05, 0.1) is 13.2 Å². The Morgan fingerprint density at radius 3 is 2.39 bits per heavy atom. The molecule has 1 rings (SSSR count). The molecule has 1 aromatic rings. The van der Waals surface area contributed by atoms with Gasteiger partial charge in [-0.3, -0.25) is 4.79 Å². The molecule has 0 radical (unpaired) electrons. The van der Waals surface area contributed by atoms with Crippen LogP contribution < -0.4 is 10.5 Å². The minimum Gasteiger partial charge on any atom is -0.491 e. The maximum atomic E-state index is 11.1. The normalized spacial score (nSPS) is 12.3. The minimum absolute atomic E-state index is 0.170. The first-order chi connectivity index (χ1) is 8.52. The number of aryl methyl sites for hydroxylation is 1. The lowest BCUT2D eigenvalue weighted by Crippen LogP contribution is -2.31. The molecular weight excluding hydrogens is 230 g/mol. The van der Waals surface area contributed by atoms with E-state index in [1.54, 1.807) is 0 Å². The number of esters is 1. The van der Waals surface area contributed by atoms with Crippen molar-refractivity contribution in [2.45, 2.75) is 38.8 Å². The van der Waals surface area contributed by atoms with E-state index in [4.69, 9.17) is 10.5 Å². The van der Waals surface area contributed by atoms with E-state index in [0.717, 1.165) is 17.7 Å². The molecule has 0 heterocycles. The third-order valence-electron chi connectivity index (χ3n) is 2.54. The third kappa shape index (κ3) is 4.75. The van der Waals surface area contributed by atoms with Crippen LogP contribution in [0.4, 0.5) is 0 Å². The highest BCUT2D eigenvalue weighted by Crippen LogP contribution is 2.15. The highest BCUT2D eigenvalue weighted by Gasteiger charge is 2.13. The van der Waals surface area contributed by atoms with Gasteiger partial charge in [0.25, 0.3) is 0 Å². The summed E-state index contributed by atoms with van der Waals surface area (Å²) in [4.78, 5) is 11.1. The Morgan fingerprint density at radius 1 is 1.28 bits per heavy atom. The third-order valence-corrected chi connectivity index (χ3v) is 2.54. The number of rotatable bonds is 6. The van der Waals surface area contributed by atoms with Crippen LogP contribution in [0.3, 0.4) is 0 Å². The summed E-state index contributed by atoms with van der Waals surface area (Å²) < 4.78 is 10.1.